The number of fused-ring (bicyclic) bond motifs is 3. The van der Waals surface area contributed by atoms with Gasteiger partial charge in [-0.25, -0.2) is 24.7 Å². The second-order valence-corrected chi connectivity index (χ2v) is 12.3. The van der Waals surface area contributed by atoms with Gasteiger partial charge >= 0.3 is 6.09 Å². The van der Waals surface area contributed by atoms with E-state index < -0.39 is 6.09 Å². The molecule has 3 aromatic heterocycles. The van der Waals surface area contributed by atoms with Crippen molar-refractivity contribution in [3.8, 4) is 16.9 Å². The topological polar surface area (TPSA) is 118 Å². The van der Waals surface area contributed by atoms with Crippen LogP contribution in [0.2, 0.25) is 0 Å². The van der Waals surface area contributed by atoms with E-state index in [0.717, 1.165) is 64.5 Å². The van der Waals surface area contributed by atoms with Crippen molar-refractivity contribution in [1.29, 1.82) is 0 Å². The van der Waals surface area contributed by atoms with Gasteiger partial charge < -0.3 is 24.7 Å². The van der Waals surface area contributed by atoms with Crippen LogP contribution in [0.5, 0.6) is 5.75 Å². The zero-order valence-corrected chi connectivity index (χ0v) is 26.5. The van der Waals surface area contributed by atoms with Crippen LogP contribution in [0.25, 0.3) is 22.3 Å². The second-order valence-electron chi connectivity index (χ2n) is 12.3. The maximum Gasteiger partial charge on any atom is 0.408 e. The van der Waals surface area contributed by atoms with Gasteiger partial charge in [0.2, 0.25) is 0 Å². The summed E-state index contributed by atoms with van der Waals surface area (Å²) in [5, 5.41) is 2.85. The highest BCUT2D eigenvalue weighted by Gasteiger charge is 2.27. The number of nitrogens with zero attached hydrogens (tertiary/aromatic N) is 5. The normalized spacial score (nSPS) is 16.6. The van der Waals surface area contributed by atoms with E-state index in [1.807, 2.05) is 56.4 Å². The summed E-state index contributed by atoms with van der Waals surface area (Å²) in [6.45, 7) is 8.40. The maximum absolute atomic E-state index is 12.4. The largest absolute Gasteiger partial charge is 0.491 e. The molecule has 7 rings (SSSR count). The number of carbonyl (C=O) groups excluding carboxylic acids is 1. The molecule has 1 amide bonds. The lowest BCUT2D eigenvalue weighted by Gasteiger charge is -2.29. The predicted molar refractivity (Wildman–Crippen MR) is 177 cm³/mol. The Morgan fingerprint density at radius 3 is 2.85 bits per heavy atom. The summed E-state index contributed by atoms with van der Waals surface area (Å²) in [6, 6.07) is 17.6. The van der Waals surface area contributed by atoms with Gasteiger partial charge in [-0.05, 0) is 68.4 Å². The molecular weight excluding hydrogens is 578 g/mol. The lowest BCUT2D eigenvalue weighted by molar-refractivity contribution is 0.136. The third-order valence-electron chi connectivity index (χ3n) is 9.03. The number of benzene rings is 2. The molecule has 2 unspecified atom stereocenters. The molecule has 0 bridgehead atoms. The highest BCUT2D eigenvalue weighted by Crippen LogP contribution is 2.35. The van der Waals surface area contributed by atoms with E-state index in [1.54, 1.807) is 0 Å². The van der Waals surface area contributed by atoms with Gasteiger partial charge in [-0.15, -0.1) is 0 Å². The van der Waals surface area contributed by atoms with Crippen molar-refractivity contribution < 1.29 is 14.3 Å². The Labute approximate surface area is 268 Å². The van der Waals surface area contributed by atoms with Crippen molar-refractivity contribution >= 4 is 23.1 Å². The minimum atomic E-state index is -0.505. The molecule has 2 aliphatic rings. The minimum Gasteiger partial charge on any atom is -0.491 e. The molecule has 0 spiro atoms. The second kappa shape index (κ2) is 12.8. The molecule has 0 saturated carbocycles. The van der Waals surface area contributed by atoms with Gasteiger partial charge in [-0.1, -0.05) is 49.7 Å². The lowest BCUT2D eigenvalue weighted by atomic mass is 9.85. The summed E-state index contributed by atoms with van der Waals surface area (Å²) >= 11 is 0. The molecule has 1 aliphatic carbocycles. The van der Waals surface area contributed by atoms with Crippen LogP contribution in [0.4, 0.5) is 10.6 Å². The van der Waals surface area contributed by atoms with Crippen LogP contribution in [-0.2, 0) is 30.7 Å². The Morgan fingerprint density at radius 1 is 1.13 bits per heavy atom. The fourth-order valence-corrected chi connectivity index (χ4v) is 6.44. The highest BCUT2D eigenvalue weighted by molar-refractivity contribution is 5.79. The average Bonchev–Trinajstić information content (AvgIpc) is 3.39. The number of amides is 1. The number of aryl methyl sites for hydroxylation is 1. The molecule has 10 nitrogen and oxygen atoms in total. The molecular formula is C36H39N7O3. The van der Waals surface area contributed by atoms with E-state index in [2.05, 4.69) is 50.3 Å². The molecule has 0 saturated heterocycles. The number of hydrogen-bond donors (Lipinski definition) is 2. The molecule has 46 heavy (non-hydrogen) atoms. The van der Waals surface area contributed by atoms with Crippen molar-refractivity contribution in [2.24, 2.45) is 5.92 Å². The smallest absolute Gasteiger partial charge is 0.408 e. The third-order valence-corrected chi connectivity index (χ3v) is 9.03. The van der Waals surface area contributed by atoms with Crippen molar-refractivity contribution in [2.75, 3.05) is 18.1 Å². The van der Waals surface area contributed by atoms with E-state index in [9.17, 15) is 4.79 Å². The average molecular weight is 618 g/mol. The van der Waals surface area contributed by atoms with E-state index in [0.29, 0.717) is 30.5 Å². The molecule has 2 atom stereocenters. The maximum atomic E-state index is 12.4. The van der Waals surface area contributed by atoms with Crippen LogP contribution in [0, 0.1) is 12.8 Å². The number of alkyl carbamates (subject to hydrolysis) is 1. The van der Waals surface area contributed by atoms with Crippen molar-refractivity contribution in [2.45, 2.75) is 65.6 Å². The van der Waals surface area contributed by atoms with Crippen LogP contribution in [0.3, 0.4) is 0 Å². The number of pyridine rings is 1. The summed E-state index contributed by atoms with van der Waals surface area (Å²) in [7, 11) is 0. The number of imidazole rings is 1. The lowest BCUT2D eigenvalue weighted by Crippen LogP contribution is -2.29. The molecule has 4 heterocycles. The van der Waals surface area contributed by atoms with Gasteiger partial charge in [-0.2, -0.15) is 0 Å². The Bertz CT molecular complexity index is 1870. The summed E-state index contributed by atoms with van der Waals surface area (Å²) in [6.07, 6.45) is 5.76. The summed E-state index contributed by atoms with van der Waals surface area (Å²) in [4.78, 5) is 37.2. The van der Waals surface area contributed by atoms with Gasteiger partial charge in [-0.3, -0.25) is 0 Å². The quantitative estimate of drug-likeness (QED) is 0.209. The Kier molecular flexibility index (Phi) is 8.26. The van der Waals surface area contributed by atoms with Gasteiger partial charge in [0, 0.05) is 35.1 Å². The van der Waals surface area contributed by atoms with Gasteiger partial charge in [0.25, 0.3) is 0 Å². The summed E-state index contributed by atoms with van der Waals surface area (Å²) in [5.41, 5.74) is 7.93. The first-order valence-electron chi connectivity index (χ1n) is 16.1. The predicted octanol–water partition coefficient (Wildman–Crippen LogP) is 6.62. The van der Waals surface area contributed by atoms with Crippen LogP contribution < -0.4 is 15.0 Å². The summed E-state index contributed by atoms with van der Waals surface area (Å²) in [5.74, 6) is 4.09. The van der Waals surface area contributed by atoms with E-state index in [-0.39, 0.29) is 12.6 Å². The molecule has 0 fully saturated rings. The van der Waals surface area contributed by atoms with Crippen LogP contribution in [-0.4, -0.2) is 44.2 Å². The van der Waals surface area contributed by atoms with Crippen LogP contribution >= 0.6 is 0 Å². The minimum absolute atomic E-state index is 0.203. The standard InChI is InChI=1S/C36H39N7O3/c1-4-24-10-12-29-30(16-24)39-23(3)40-35(29)43-14-15-45-32-13-11-26(17-28(32)20-43)27-18-31-34(37-19-27)42-33(41-31)22(2)38-36(44)46-21-25-8-6-5-7-9-25/h5-9,11,13,17-19,22,24H,4,10,12,14-16,20-21H2,1-3H3,(H,38,44)(H,37,41,42). The molecule has 5 aromatic rings. The Morgan fingerprint density at radius 2 is 2.00 bits per heavy atom. The molecule has 2 N–H and O–H groups in total. The first kappa shape index (κ1) is 29.7. The zero-order chi connectivity index (χ0) is 31.6. The number of nitrogens with one attached hydrogen (secondary N) is 2. The number of H-pyrrole nitrogens is 1. The number of aromatic nitrogens is 5. The highest BCUT2D eigenvalue weighted by atomic mass is 16.5. The van der Waals surface area contributed by atoms with Gasteiger partial charge in [0.05, 0.1) is 18.1 Å². The molecule has 10 heteroatoms. The number of carbonyl (C=O) groups is 1. The van der Waals surface area contributed by atoms with E-state index in [4.69, 9.17) is 19.4 Å². The summed E-state index contributed by atoms with van der Waals surface area (Å²) < 4.78 is 11.6. The van der Waals surface area contributed by atoms with Crippen molar-refractivity contribution in [3.63, 3.8) is 0 Å². The van der Waals surface area contributed by atoms with E-state index >= 15 is 0 Å². The van der Waals surface area contributed by atoms with Gasteiger partial charge in [0.1, 0.15) is 36.4 Å². The number of aromatic amines is 1. The first-order chi connectivity index (χ1) is 22.4. The van der Waals surface area contributed by atoms with E-state index in [1.165, 1.54) is 24.1 Å². The number of rotatable bonds is 7. The fraction of sp³-hybridized carbons (Fsp3) is 0.361. The first-order valence-corrected chi connectivity index (χ1v) is 16.1. The molecule has 236 valence electrons. The number of ether oxygens (including phenoxy) is 2. The SMILES string of the molecule is CCC1CCc2c(nc(C)nc2N2CCOc3ccc(-c4cnc5nc(C(C)NC(=O)OCc6ccccc6)[nH]c5c4)cc3C2)C1. The molecule has 1 aliphatic heterocycles. The Hall–Kier alpha value is -4.99. The fourth-order valence-electron chi connectivity index (χ4n) is 6.44. The third kappa shape index (κ3) is 6.24. The monoisotopic (exact) mass is 617 g/mol. The molecule has 2 aromatic carbocycles. The van der Waals surface area contributed by atoms with Crippen molar-refractivity contribution in [3.05, 3.63) is 94.8 Å². The van der Waals surface area contributed by atoms with Crippen LogP contribution in [0.15, 0.2) is 60.8 Å². The Balaban J connectivity index is 1.09. The number of hydrogen-bond acceptors (Lipinski definition) is 8. The van der Waals surface area contributed by atoms with Crippen LogP contribution in [0.1, 0.15) is 66.8 Å². The molecule has 0 radical (unpaired) electrons. The van der Waals surface area contributed by atoms with Gasteiger partial charge in [0.15, 0.2) is 5.65 Å². The number of anilines is 1. The zero-order valence-electron chi connectivity index (χ0n) is 26.5. The van der Waals surface area contributed by atoms with Crippen molar-refractivity contribution in [1.82, 2.24) is 30.2 Å².